The minimum atomic E-state index is 0.767. The second-order valence-electron chi connectivity index (χ2n) is 4.19. The molecule has 0 aliphatic carbocycles. The van der Waals surface area contributed by atoms with E-state index in [4.69, 9.17) is 16.3 Å². The van der Waals surface area contributed by atoms with Crippen LogP contribution in [0.4, 0.5) is 0 Å². The number of halogens is 1. The average Bonchev–Trinajstić information content (AvgIpc) is 2.84. The largest absolute Gasteiger partial charge is 0.496 e. The number of benzene rings is 1. The summed E-state index contributed by atoms with van der Waals surface area (Å²) in [6, 6.07) is 5.77. The van der Waals surface area contributed by atoms with Crippen molar-refractivity contribution in [2.45, 2.75) is 24.6 Å². The number of nitrogens with one attached hydrogen (secondary N) is 1. The summed E-state index contributed by atoms with van der Waals surface area (Å²) < 4.78 is 5.32. The zero-order valence-electron chi connectivity index (χ0n) is 10.0. The van der Waals surface area contributed by atoms with E-state index in [-0.39, 0.29) is 0 Å². The molecule has 0 saturated carbocycles. The molecule has 1 aromatic rings. The van der Waals surface area contributed by atoms with Crippen molar-refractivity contribution in [1.29, 1.82) is 0 Å². The van der Waals surface area contributed by atoms with Crippen molar-refractivity contribution in [3.63, 3.8) is 0 Å². The van der Waals surface area contributed by atoms with Crippen molar-refractivity contribution in [1.82, 2.24) is 5.32 Å². The minimum Gasteiger partial charge on any atom is -0.496 e. The Labute approximate surface area is 112 Å². The van der Waals surface area contributed by atoms with Gasteiger partial charge in [-0.3, -0.25) is 0 Å². The van der Waals surface area contributed by atoms with Gasteiger partial charge < -0.3 is 10.1 Å². The van der Waals surface area contributed by atoms with Crippen molar-refractivity contribution < 1.29 is 4.74 Å². The number of hydrogen-bond donors (Lipinski definition) is 1. The van der Waals surface area contributed by atoms with Gasteiger partial charge >= 0.3 is 0 Å². The fraction of sp³-hybridized carbons (Fsp3) is 0.538. The monoisotopic (exact) mass is 271 g/mol. The molecule has 1 saturated heterocycles. The van der Waals surface area contributed by atoms with Crippen LogP contribution in [0.25, 0.3) is 0 Å². The van der Waals surface area contributed by atoms with Gasteiger partial charge in [0.1, 0.15) is 5.75 Å². The predicted molar refractivity (Wildman–Crippen MR) is 75.2 cm³/mol. The molecule has 1 aromatic carbocycles. The van der Waals surface area contributed by atoms with Gasteiger partial charge in [-0.1, -0.05) is 17.7 Å². The van der Waals surface area contributed by atoms with Crippen LogP contribution >= 0.6 is 23.4 Å². The van der Waals surface area contributed by atoms with Gasteiger partial charge in [0.15, 0.2) is 0 Å². The van der Waals surface area contributed by atoms with Gasteiger partial charge in [-0.15, -0.1) is 0 Å². The Bertz CT molecular complexity index is 366. The lowest BCUT2D eigenvalue weighted by atomic mass is 10.2. The second-order valence-corrected chi connectivity index (χ2v) is 6.00. The van der Waals surface area contributed by atoms with Crippen LogP contribution in [-0.4, -0.2) is 24.7 Å². The summed E-state index contributed by atoms with van der Waals surface area (Å²) in [4.78, 5) is 0. The SMILES string of the molecule is COc1cccc(Cl)c1CNCC1CCCS1. The number of thioether (sulfide) groups is 1. The summed E-state index contributed by atoms with van der Waals surface area (Å²) in [7, 11) is 1.68. The first kappa shape index (κ1) is 13.1. The fourth-order valence-corrected chi connectivity index (χ4v) is 3.53. The zero-order chi connectivity index (χ0) is 12.1. The topological polar surface area (TPSA) is 21.3 Å². The molecule has 0 spiro atoms. The van der Waals surface area contributed by atoms with E-state index in [9.17, 15) is 0 Å². The van der Waals surface area contributed by atoms with Gasteiger partial charge in [0.2, 0.25) is 0 Å². The summed E-state index contributed by atoms with van der Waals surface area (Å²) in [6.45, 7) is 1.83. The molecule has 1 heterocycles. The molecular weight excluding hydrogens is 254 g/mol. The lowest BCUT2D eigenvalue weighted by molar-refractivity contribution is 0.407. The van der Waals surface area contributed by atoms with E-state index in [1.54, 1.807) is 7.11 Å². The van der Waals surface area contributed by atoms with Crippen molar-refractivity contribution in [3.05, 3.63) is 28.8 Å². The maximum absolute atomic E-state index is 6.18. The fourth-order valence-electron chi connectivity index (χ4n) is 2.07. The molecule has 0 radical (unpaired) electrons. The molecule has 2 nitrogen and oxygen atoms in total. The number of rotatable bonds is 5. The molecule has 1 atom stereocenters. The van der Waals surface area contributed by atoms with E-state index in [2.05, 4.69) is 17.1 Å². The lowest BCUT2D eigenvalue weighted by Crippen LogP contribution is -2.23. The first-order valence-corrected chi connectivity index (χ1v) is 7.37. The van der Waals surface area contributed by atoms with Crippen LogP contribution in [0, 0.1) is 0 Å². The number of methoxy groups -OCH3 is 1. The summed E-state index contributed by atoms with van der Waals surface area (Å²) in [5.41, 5.74) is 1.06. The van der Waals surface area contributed by atoms with E-state index in [1.165, 1.54) is 18.6 Å². The van der Waals surface area contributed by atoms with E-state index in [0.29, 0.717) is 0 Å². The Morgan fingerprint density at radius 1 is 1.53 bits per heavy atom. The van der Waals surface area contributed by atoms with Crippen LogP contribution in [0.3, 0.4) is 0 Å². The van der Waals surface area contributed by atoms with Crippen molar-refractivity contribution >= 4 is 23.4 Å². The molecule has 1 unspecified atom stereocenters. The Morgan fingerprint density at radius 3 is 3.12 bits per heavy atom. The maximum atomic E-state index is 6.18. The molecule has 4 heteroatoms. The van der Waals surface area contributed by atoms with E-state index >= 15 is 0 Å². The van der Waals surface area contributed by atoms with Crippen LogP contribution in [0.15, 0.2) is 18.2 Å². The third-order valence-corrected chi connectivity index (χ3v) is 4.75. The third-order valence-electron chi connectivity index (χ3n) is 2.99. The lowest BCUT2D eigenvalue weighted by Gasteiger charge is -2.13. The molecule has 1 fully saturated rings. The van der Waals surface area contributed by atoms with Gasteiger partial charge in [0.05, 0.1) is 7.11 Å². The second kappa shape index (κ2) is 6.53. The summed E-state index contributed by atoms with van der Waals surface area (Å²) in [5.74, 6) is 2.17. The maximum Gasteiger partial charge on any atom is 0.124 e. The molecule has 0 bridgehead atoms. The highest BCUT2D eigenvalue weighted by molar-refractivity contribution is 8.00. The summed E-state index contributed by atoms with van der Waals surface area (Å²) >= 11 is 8.24. The van der Waals surface area contributed by atoms with Crippen molar-refractivity contribution in [2.75, 3.05) is 19.4 Å². The highest BCUT2D eigenvalue weighted by Gasteiger charge is 2.15. The first-order chi connectivity index (χ1) is 8.31. The highest BCUT2D eigenvalue weighted by atomic mass is 35.5. The molecule has 0 amide bonds. The quantitative estimate of drug-likeness (QED) is 0.888. The smallest absolute Gasteiger partial charge is 0.124 e. The van der Waals surface area contributed by atoms with Crippen LogP contribution in [0.1, 0.15) is 18.4 Å². The summed E-state index contributed by atoms with van der Waals surface area (Å²) in [5, 5.41) is 5.02. The van der Waals surface area contributed by atoms with Gasteiger partial charge in [0, 0.05) is 28.9 Å². The van der Waals surface area contributed by atoms with Crippen LogP contribution in [0.5, 0.6) is 5.75 Å². The van der Waals surface area contributed by atoms with E-state index < -0.39 is 0 Å². The van der Waals surface area contributed by atoms with Gasteiger partial charge in [-0.05, 0) is 30.7 Å². The van der Waals surface area contributed by atoms with E-state index in [1.807, 2.05) is 18.2 Å². The Hall–Kier alpha value is -0.380. The standard InChI is InChI=1S/C13H18ClNOS/c1-16-13-6-2-5-12(14)11(13)9-15-8-10-4-3-7-17-10/h2,5-6,10,15H,3-4,7-9H2,1H3. The van der Waals surface area contributed by atoms with Gasteiger partial charge in [-0.2, -0.15) is 11.8 Å². The number of hydrogen-bond acceptors (Lipinski definition) is 3. The Balaban J connectivity index is 1.89. The van der Waals surface area contributed by atoms with Gasteiger partial charge in [-0.25, -0.2) is 0 Å². The van der Waals surface area contributed by atoms with Crippen molar-refractivity contribution in [2.24, 2.45) is 0 Å². The number of ether oxygens (including phenoxy) is 1. The first-order valence-electron chi connectivity index (χ1n) is 5.95. The normalized spacial score (nSPS) is 19.5. The molecule has 2 rings (SSSR count). The van der Waals surface area contributed by atoms with Gasteiger partial charge in [0.25, 0.3) is 0 Å². The van der Waals surface area contributed by atoms with Crippen LogP contribution in [0.2, 0.25) is 5.02 Å². The molecular formula is C13H18ClNOS. The molecule has 1 aliphatic heterocycles. The van der Waals surface area contributed by atoms with Crippen LogP contribution < -0.4 is 10.1 Å². The average molecular weight is 272 g/mol. The molecule has 1 N–H and O–H groups in total. The third kappa shape index (κ3) is 3.54. The molecule has 94 valence electrons. The highest BCUT2D eigenvalue weighted by Crippen LogP contribution is 2.27. The Morgan fingerprint density at radius 2 is 2.41 bits per heavy atom. The molecule has 17 heavy (non-hydrogen) atoms. The van der Waals surface area contributed by atoms with Crippen LogP contribution in [-0.2, 0) is 6.54 Å². The van der Waals surface area contributed by atoms with E-state index in [0.717, 1.165) is 34.7 Å². The zero-order valence-corrected chi connectivity index (χ0v) is 11.6. The molecule has 1 aliphatic rings. The Kier molecular flexibility index (Phi) is 5.01. The van der Waals surface area contributed by atoms with Crippen molar-refractivity contribution in [3.8, 4) is 5.75 Å². The molecule has 0 aromatic heterocycles. The summed E-state index contributed by atoms with van der Waals surface area (Å²) in [6.07, 6.45) is 2.68. The minimum absolute atomic E-state index is 0.767. The predicted octanol–water partition coefficient (Wildman–Crippen LogP) is 3.33.